The third kappa shape index (κ3) is 1.79. The number of benzene rings is 1. The number of pyridine rings is 1. The lowest BCUT2D eigenvalue weighted by atomic mass is 10.0. The molecule has 1 aromatic carbocycles. The van der Waals surface area contributed by atoms with E-state index in [0.717, 1.165) is 11.1 Å². The first-order valence-electron chi connectivity index (χ1n) is 4.69. The Bertz CT molecular complexity index is 602. The molecule has 4 heteroatoms. The molecular formula is C12H9N3O. The van der Waals surface area contributed by atoms with Gasteiger partial charge in [-0.3, -0.25) is 4.79 Å². The summed E-state index contributed by atoms with van der Waals surface area (Å²) >= 11 is 0. The zero-order valence-corrected chi connectivity index (χ0v) is 8.40. The number of nitriles is 1. The van der Waals surface area contributed by atoms with Gasteiger partial charge in [-0.2, -0.15) is 5.26 Å². The van der Waals surface area contributed by atoms with Crippen molar-refractivity contribution in [2.75, 3.05) is 5.73 Å². The zero-order valence-electron chi connectivity index (χ0n) is 8.40. The monoisotopic (exact) mass is 211 g/mol. The lowest BCUT2D eigenvalue weighted by molar-refractivity contribution is 1.24. The Morgan fingerprint density at radius 3 is 2.56 bits per heavy atom. The van der Waals surface area contributed by atoms with Crippen molar-refractivity contribution in [3.63, 3.8) is 0 Å². The molecule has 16 heavy (non-hydrogen) atoms. The average Bonchev–Trinajstić information content (AvgIpc) is 2.31. The van der Waals surface area contributed by atoms with E-state index in [1.807, 2.05) is 12.1 Å². The molecule has 0 radical (unpaired) electrons. The van der Waals surface area contributed by atoms with Crippen LogP contribution < -0.4 is 11.3 Å². The van der Waals surface area contributed by atoms with E-state index in [4.69, 9.17) is 11.0 Å². The average molecular weight is 211 g/mol. The second-order valence-electron chi connectivity index (χ2n) is 3.36. The van der Waals surface area contributed by atoms with E-state index in [0.29, 0.717) is 11.3 Å². The van der Waals surface area contributed by atoms with Gasteiger partial charge >= 0.3 is 0 Å². The number of nitrogens with two attached hydrogens (primary N) is 1. The number of nitrogens with one attached hydrogen (secondary N) is 1. The molecular weight excluding hydrogens is 202 g/mol. The SMILES string of the molecule is N#Cc1cc(-c2ccc(=O)[nH]c2)ccc1N. The summed E-state index contributed by atoms with van der Waals surface area (Å²) in [5.74, 6) is 0. The minimum atomic E-state index is -0.153. The summed E-state index contributed by atoms with van der Waals surface area (Å²) in [6.45, 7) is 0. The number of hydrogen-bond donors (Lipinski definition) is 2. The molecule has 0 saturated heterocycles. The predicted octanol–water partition coefficient (Wildman–Crippen LogP) is 1.50. The van der Waals surface area contributed by atoms with Crippen LogP contribution in [0, 0.1) is 11.3 Å². The van der Waals surface area contributed by atoms with Crippen LogP contribution >= 0.6 is 0 Å². The highest BCUT2D eigenvalue weighted by Gasteiger charge is 2.02. The number of nitrogen functional groups attached to an aromatic ring is 1. The summed E-state index contributed by atoms with van der Waals surface area (Å²) in [5.41, 5.74) is 8.05. The molecule has 1 aromatic heterocycles. The van der Waals surface area contributed by atoms with Crippen LogP contribution in [0.4, 0.5) is 5.69 Å². The van der Waals surface area contributed by atoms with Gasteiger partial charge in [0.05, 0.1) is 5.56 Å². The molecule has 0 aliphatic rings. The molecule has 2 aromatic rings. The predicted molar refractivity (Wildman–Crippen MR) is 61.6 cm³/mol. The number of rotatable bonds is 1. The molecule has 0 atom stereocenters. The first-order valence-corrected chi connectivity index (χ1v) is 4.69. The lowest BCUT2D eigenvalue weighted by Crippen LogP contribution is -2.01. The van der Waals surface area contributed by atoms with Crippen LogP contribution in [-0.4, -0.2) is 4.98 Å². The molecule has 0 aliphatic heterocycles. The van der Waals surface area contributed by atoms with Crippen molar-refractivity contribution in [1.29, 1.82) is 5.26 Å². The number of aromatic amines is 1. The molecule has 0 unspecified atom stereocenters. The van der Waals surface area contributed by atoms with Gasteiger partial charge in [0, 0.05) is 18.0 Å². The molecule has 1 heterocycles. The van der Waals surface area contributed by atoms with Crippen LogP contribution in [0.5, 0.6) is 0 Å². The Labute approximate surface area is 92.0 Å². The van der Waals surface area contributed by atoms with Gasteiger partial charge in [0.1, 0.15) is 6.07 Å². The summed E-state index contributed by atoms with van der Waals surface area (Å²) in [6, 6.07) is 10.3. The minimum Gasteiger partial charge on any atom is -0.398 e. The van der Waals surface area contributed by atoms with Crippen LogP contribution in [0.3, 0.4) is 0 Å². The van der Waals surface area contributed by atoms with E-state index in [9.17, 15) is 4.79 Å². The Hall–Kier alpha value is -2.54. The van der Waals surface area contributed by atoms with Crippen LogP contribution in [0.2, 0.25) is 0 Å². The second kappa shape index (κ2) is 3.91. The summed E-state index contributed by atoms with van der Waals surface area (Å²) in [6.07, 6.45) is 1.61. The molecule has 0 bridgehead atoms. The van der Waals surface area contributed by atoms with E-state index in [2.05, 4.69) is 4.98 Å². The summed E-state index contributed by atoms with van der Waals surface area (Å²) in [4.78, 5) is 13.5. The largest absolute Gasteiger partial charge is 0.398 e. The zero-order chi connectivity index (χ0) is 11.5. The van der Waals surface area contributed by atoms with E-state index >= 15 is 0 Å². The Morgan fingerprint density at radius 1 is 1.19 bits per heavy atom. The fraction of sp³-hybridized carbons (Fsp3) is 0. The maximum atomic E-state index is 10.9. The topological polar surface area (TPSA) is 82.7 Å². The maximum Gasteiger partial charge on any atom is 0.247 e. The summed E-state index contributed by atoms with van der Waals surface area (Å²) in [7, 11) is 0. The highest BCUT2D eigenvalue weighted by Crippen LogP contribution is 2.21. The van der Waals surface area contributed by atoms with Crippen molar-refractivity contribution in [3.05, 3.63) is 52.4 Å². The van der Waals surface area contributed by atoms with E-state index in [1.54, 1.807) is 24.4 Å². The Balaban J connectivity index is 2.53. The fourth-order valence-corrected chi connectivity index (χ4v) is 1.42. The standard InChI is InChI=1S/C12H9N3O/c13-6-10-5-8(1-3-11(10)14)9-2-4-12(16)15-7-9/h1-5,7H,14H2,(H,15,16). The number of hydrogen-bond acceptors (Lipinski definition) is 3. The summed E-state index contributed by atoms with van der Waals surface area (Å²) < 4.78 is 0. The third-order valence-electron chi connectivity index (χ3n) is 2.29. The van der Waals surface area contributed by atoms with Crippen LogP contribution in [-0.2, 0) is 0 Å². The minimum absolute atomic E-state index is 0.153. The molecule has 78 valence electrons. The van der Waals surface area contributed by atoms with Crippen molar-refractivity contribution in [2.45, 2.75) is 0 Å². The van der Waals surface area contributed by atoms with E-state index < -0.39 is 0 Å². The second-order valence-corrected chi connectivity index (χ2v) is 3.36. The van der Waals surface area contributed by atoms with Gasteiger partial charge in [-0.25, -0.2) is 0 Å². The summed E-state index contributed by atoms with van der Waals surface area (Å²) in [5, 5.41) is 8.85. The lowest BCUT2D eigenvalue weighted by Gasteiger charge is -2.03. The maximum absolute atomic E-state index is 10.9. The Kier molecular flexibility index (Phi) is 2.44. The van der Waals surface area contributed by atoms with Crippen molar-refractivity contribution in [3.8, 4) is 17.2 Å². The Morgan fingerprint density at radius 2 is 1.94 bits per heavy atom. The quantitative estimate of drug-likeness (QED) is 0.701. The van der Waals surface area contributed by atoms with Crippen LogP contribution in [0.25, 0.3) is 11.1 Å². The van der Waals surface area contributed by atoms with Gasteiger partial charge in [0.2, 0.25) is 5.56 Å². The van der Waals surface area contributed by atoms with Gasteiger partial charge in [-0.15, -0.1) is 0 Å². The van der Waals surface area contributed by atoms with Crippen molar-refractivity contribution in [2.24, 2.45) is 0 Å². The molecule has 4 nitrogen and oxygen atoms in total. The van der Waals surface area contributed by atoms with Crippen LogP contribution in [0.1, 0.15) is 5.56 Å². The smallest absolute Gasteiger partial charge is 0.247 e. The highest BCUT2D eigenvalue weighted by atomic mass is 16.1. The molecule has 0 amide bonds. The molecule has 0 saturated carbocycles. The number of H-pyrrole nitrogens is 1. The van der Waals surface area contributed by atoms with Crippen molar-refractivity contribution >= 4 is 5.69 Å². The van der Waals surface area contributed by atoms with Gasteiger partial charge in [0.25, 0.3) is 0 Å². The van der Waals surface area contributed by atoms with Gasteiger partial charge < -0.3 is 10.7 Å². The number of aromatic nitrogens is 1. The third-order valence-corrected chi connectivity index (χ3v) is 2.29. The van der Waals surface area contributed by atoms with Gasteiger partial charge in [-0.1, -0.05) is 6.07 Å². The van der Waals surface area contributed by atoms with E-state index in [-0.39, 0.29) is 5.56 Å². The highest BCUT2D eigenvalue weighted by molar-refractivity contribution is 5.69. The van der Waals surface area contributed by atoms with Crippen LogP contribution in [0.15, 0.2) is 41.3 Å². The van der Waals surface area contributed by atoms with Crippen molar-refractivity contribution < 1.29 is 0 Å². The van der Waals surface area contributed by atoms with E-state index in [1.165, 1.54) is 6.07 Å². The van der Waals surface area contributed by atoms with Gasteiger partial charge in [0.15, 0.2) is 0 Å². The molecule has 3 N–H and O–H groups in total. The molecule has 0 spiro atoms. The number of nitrogens with zero attached hydrogens (tertiary/aromatic N) is 1. The van der Waals surface area contributed by atoms with Crippen molar-refractivity contribution in [1.82, 2.24) is 4.98 Å². The first-order chi connectivity index (χ1) is 7.70. The molecule has 0 aliphatic carbocycles. The molecule has 0 fully saturated rings. The fourth-order valence-electron chi connectivity index (χ4n) is 1.42. The molecule has 2 rings (SSSR count). The first kappa shape index (κ1) is 9.99. The van der Waals surface area contributed by atoms with Gasteiger partial charge in [-0.05, 0) is 29.3 Å². The number of anilines is 1. The normalized spacial score (nSPS) is 9.69.